The van der Waals surface area contributed by atoms with Gasteiger partial charge in [-0.05, 0) is 38.3 Å². The van der Waals surface area contributed by atoms with E-state index >= 15 is 0 Å². The number of nitrogens with zero attached hydrogens (tertiary/aromatic N) is 2. The molecule has 2 atom stereocenters. The molecule has 208 valence electrons. The molecule has 8 heteroatoms. The predicted octanol–water partition coefficient (Wildman–Crippen LogP) is 5.40. The summed E-state index contributed by atoms with van der Waals surface area (Å²) in [5, 5.41) is 6.69. The average molecular weight is 533 g/mol. The topological polar surface area (TPSA) is 92.8 Å². The van der Waals surface area contributed by atoms with Crippen LogP contribution in [0.25, 0.3) is 22.2 Å². The highest BCUT2D eigenvalue weighted by atomic mass is 16.5. The highest BCUT2D eigenvalue weighted by Gasteiger charge is 2.39. The summed E-state index contributed by atoms with van der Waals surface area (Å²) < 4.78 is 12.0. The number of amides is 3. The van der Waals surface area contributed by atoms with Crippen LogP contribution in [0, 0.1) is 5.41 Å². The molecule has 2 N–H and O–H groups in total. The van der Waals surface area contributed by atoms with Crippen LogP contribution in [-0.4, -0.2) is 59.7 Å². The van der Waals surface area contributed by atoms with Crippen molar-refractivity contribution < 1.29 is 19.1 Å². The van der Waals surface area contributed by atoms with Crippen LogP contribution in [0.3, 0.4) is 0 Å². The van der Waals surface area contributed by atoms with Crippen molar-refractivity contribution in [2.45, 2.75) is 65.6 Å². The third-order valence-corrected chi connectivity index (χ3v) is 6.68. The molecule has 1 aliphatic heterocycles. The molecule has 0 saturated carbocycles. The maximum atomic E-state index is 13.6. The van der Waals surface area contributed by atoms with Crippen LogP contribution in [-0.2, 0) is 4.79 Å². The van der Waals surface area contributed by atoms with Gasteiger partial charge in [-0.25, -0.2) is 9.78 Å². The van der Waals surface area contributed by atoms with E-state index in [1.165, 1.54) is 0 Å². The molecule has 1 fully saturated rings. The zero-order chi connectivity index (χ0) is 28.4. The highest BCUT2D eigenvalue weighted by Crippen LogP contribution is 2.34. The smallest absolute Gasteiger partial charge is 0.315 e. The van der Waals surface area contributed by atoms with Gasteiger partial charge in [-0.15, -0.1) is 0 Å². The first kappa shape index (κ1) is 28.2. The Bertz CT molecular complexity index is 1330. The number of hydrogen-bond acceptors (Lipinski definition) is 5. The quantitative estimate of drug-likeness (QED) is 0.443. The molecule has 1 aliphatic rings. The van der Waals surface area contributed by atoms with Crippen LogP contribution in [0.2, 0.25) is 0 Å². The molecule has 4 rings (SSSR count). The largest absolute Gasteiger partial charge is 0.497 e. The lowest BCUT2D eigenvalue weighted by Gasteiger charge is -2.34. The van der Waals surface area contributed by atoms with Gasteiger partial charge in [0.05, 0.1) is 24.9 Å². The molecule has 2 heterocycles. The van der Waals surface area contributed by atoms with Gasteiger partial charge in [-0.1, -0.05) is 51.1 Å². The van der Waals surface area contributed by atoms with Crippen molar-refractivity contribution in [1.82, 2.24) is 20.5 Å². The van der Waals surface area contributed by atoms with E-state index in [0.29, 0.717) is 19.5 Å². The van der Waals surface area contributed by atoms with E-state index in [1.54, 1.807) is 12.0 Å². The first-order chi connectivity index (χ1) is 18.3. The summed E-state index contributed by atoms with van der Waals surface area (Å²) in [6, 6.07) is 16.7. The third kappa shape index (κ3) is 6.99. The Balaban J connectivity index is 1.55. The lowest BCUT2D eigenvalue weighted by molar-refractivity contribution is -0.135. The second kappa shape index (κ2) is 11.1. The van der Waals surface area contributed by atoms with Gasteiger partial charge >= 0.3 is 6.03 Å². The molecular weight excluding hydrogens is 492 g/mol. The summed E-state index contributed by atoms with van der Waals surface area (Å²) in [6.45, 7) is 12.6. The SMILES string of the molecule is COc1ccc2c(O[C@@H]3CCN(C(=O)[C@@H](NC(=O)NC(C)(C)C)C(C)(C)C)C3)cc(-c3ccccc3)nc2c1. The number of pyridine rings is 1. The number of fused-ring (bicyclic) bond motifs is 1. The van der Waals surface area contributed by atoms with E-state index in [4.69, 9.17) is 14.5 Å². The van der Waals surface area contributed by atoms with Crippen molar-refractivity contribution in [3.63, 3.8) is 0 Å². The third-order valence-electron chi connectivity index (χ3n) is 6.68. The van der Waals surface area contributed by atoms with Crippen LogP contribution in [0.4, 0.5) is 4.79 Å². The van der Waals surface area contributed by atoms with E-state index in [1.807, 2.05) is 96.1 Å². The summed E-state index contributed by atoms with van der Waals surface area (Å²) in [4.78, 5) is 32.9. The standard InChI is InChI=1S/C31H40N4O4/c1-30(2,3)27(33-29(37)34-31(4,5)6)28(36)35-16-15-22(19-35)39-26-18-24(20-11-9-8-10-12-20)32-25-17-21(38-7)13-14-23(25)26/h8-14,17-18,22,27H,15-16,19H2,1-7H3,(H2,33,34,37)/t22-,27-/m1/s1. The second-order valence-electron chi connectivity index (χ2n) is 12.2. The van der Waals surface area contributed by atoms with Gasteiger partial charge < -0.3 is 25.0 Å². The maximum Gasteiger partial charge on any atom is 0.315 e. The summed E-state index contributed by atoms with van der Waals surface area (Å²) in [5.41, 5.74) is 1.70. The van der Waals surface area contributed by atoms with Crippen LogP contribution in [0.15, 0.2) is 54.6 Å². The van der Waals surface area contributed by atoms with Gasteiger partial charge in [-0.3, -0.25) is 4.79 Å². The number of carbonyl (C=O) groups is 2. The number of methoxy groups -OCH3 is 1. The molecule has 0 spiro atoms. The van der Waals surface area contributed by atoms with E-state index < -0.39 is 17.0 Å². The first-order valence-electron chi connectivity index (χ1n) is 13.4. The number of urea groups is 1. The molecule has 2 aromatic carbocycles. The van der Waals surface area contributed by atoms with Crippen LogP contribution >= 0.6 is 0 Å². The van der Waals surface area contributed by atoms with Gasteiger partial charge in [0.15, 0.2) is 0 Å². The minimum Gasteiger partial charge on any atom is -0.497 e. The lowest BCUT2D eigenvalue weighted by Crippen LogP contribution is -2.58. The van der Waals surface area contributed by atoms with Crippen LogP contribution < -0.4 is 20.1 Å². The Hall–Kier alpha value is -3.81. The van der Waals surface area contributed by atoms with E-state index in [-0.39, 0.29) is 18.0 Å². The molecule has 3 aromatic rings. The normalized spacial score (nSPS) is 16.6. The van der Waals surface area contributed by atoms with Gasteiger partial charge in [0, 0.05) is 41.6 Å². The van der Waals surface area contributed by atoms with Crippen molar-refractivity contribution in [2.24, 2.45) is 5.41 Å². The molecular formula is C31H40N4O4. The van der Waals surface area contributed by atoms with Gasteiger partial charge in [0.25, 0.3) is 0 Å². The summed E-state index contributed by atoms with van der Waals surface area (Å²) in [5.74, 6) is 1.34. The Kier molecular flexibility index (Phi) is 8.04. The number of carbonyl (C=O) groups excluding carboxylic acids is 2. The molecule has 8 nitrogen and oxygen atoms in total. The summed E-state index contributed by atoms with van der Waals surface area (Å²) in [6.07, 6.45) is 0.506. The number of hydrogen-bond donors (Lipinski definition) is 2. The number of aromatic nitrogens is 1. The fourth-order valence-electron chi connectivity index (χ4n) is 4.70. The molecule has 0 radical (unpaired) electrons. The van der Waals surface area contributed by atoms with Gasteiger partial charge in [0.1, 0.15) is 23.6 Å². The Morgan fingerprint density at radius 2 is 1.74 bits per heavy atom. The Morgan fingerprint density at radius 1 is 1.03 bits per heavy atom. The van der Waals surface area contributed by atoms with Gasteiger partial charge in [0.2, 0.25) is 5.91 Å². The fourth-order valence-corrected chi connectivity index (χ4v) is 4.70. The zero-order valence-electron chi connectivity index (χ0n) is 24.0. The van der Waals surface area contributed by atoms with Crippen molar-refractivity contribution >= 4 is 22.8 Å². The van der Waals surface area contributed by atoms with E-state index in [2.05, 4.69) is 10.6 Å². The minimum absolute atomic E-state index is 0.105. The molecule has 0 aliphatic carbocycles. The minimum atomic E-state index is -0.669. The lowest BCUT2D eigenvalue weighted by atomic mass is 9.86. The molecule has 1 aromatic heterocycles. The number of nitrogens with one attached hydrogen (secondary N) is 2. The second-order valence-corrected chi connectivity index (χ2v) is 12.2. The first-order valence-corrected chi connectivity index (χ1v) is 13.4. The molecule has 0 bridgehead atoms. The summed E-state index contributed by atoms with van der Waals surface area (Å²) in [7, 11) is 1.64. The Morgan fingerprint density at radius 3 is 2.38 bits per heavy atom. The molecule has 39 heavy (non-hydrogen) atoms. The van der Waals surface area contributed by atoms with Crippen molar-refractivity contribution in [3.05, 3.63) is 54.6 Å². The molecule has 1 saturated heterocycles. The predicted molar refractivity (Wildman–Crippen MR) is 154 cm³/mol. The van der Waals surface area contributed by atoms with Crippen LogP contribution in [0.1, 0.15) is 48.0 Å². The van der Waals surface area contributed by atoms with Crippen LogP contribution in [0.5, 0.6) is 11.5 Å². The number of ether oxygens (including phenoxy) is 2. The fraction of sp³-hybridized carbons (Fsp3) is 0.452. The Labute approximate surface area is 231 Å². The number of likely N-dealkylation sites (tertiary alicyclic amines) is 1. The average Bonchev–Trinajstić information content (AvgIpc) is 3.34. The number of benzene rings is 2. The zero-order valence-corrected chi connectivity index (χ0v) is 24.0. The monoisotopic (exact) mass is 532 g/mol. The molecule has 3 amide bonds. The highest BCUT2D eigenvalue weighted by molar-refractivity contribution is 5.89. The maximum absolute atomic E-state index is 13.6. The van der Waals surface area contributed by atoms with E-state index in [9.17, 15) is 9.59 Å². The van der Waals surface area contributed by atoms with Crippen molar-refractivity contribution in [2.75, 3.05) is 20.2 Å². The van der Waals surface area contributed by atoms with Crippen molar-refractivity contribution in [1.29, 1.82) is 0 Å². The van der Waals surface area contributed by atoms with Crippen molar-refractivity contribution in [3.8, 4) is 22.8 Å². The summed E-state index contributed by atoms with van der Waals surface area (Å²) >= 11 is 0. The molecule has 0 unspecified atom stereocenters. The van der Waals surface area contributed by atoms with Gasteiger partial charge in [-0.2, -0.15) is 0 Å². The number of rotatable bonds is 6. The van der Waals surface area contributed by atoms with E-state index in [0.717, 1.165) is 33.7 Å².